The molecule has 0 atom stereocenters. The second-order valence-electron chi connectivity index (χ2n) is 13.2. The Bertz CT molecular complexity index is 1250. The third kappa shape index (κ3) is 11.8. The molecule has 1 amide bonds. The Kier molecular flexibility index (Phi) is 17.7. The Morgan fingerprint density at radius 2 is 1.11 bits per heavy atom. The number of hydroxylamine groups is 1. The summed E-state index contributed by atoms with van der Waals surface area (Å²) in [7, 11) is 0. The smallest absolute Gasteiger partial charge is 0.277 e. The van der Waals surface area contributed by atoms with E-state index in [9.17, 15) is 10.0 Å². The normalized spacial score (nSPS) is 11.4. The predicted molar refractivity (Wildman–Crippen MR) is 194 cm³/mol. The van der Waals surface area contributed by atoms with Crippen molar-refractivity contribution in [2.75, 3.05) is 5.73 Å². The van der Waals surface area contributed by atoms with E-state index in [1.54, 1.807) is 0 Å². The first-order valence-electron chi connectivity index (χ1n) is 18.5. The SMILES string of the molecule is CCCCCCCCCCCCc1cccc2c(-c3ccccc3)c(C(=O)NO)c(N)c(CCCCCCCCCCCC)c12. The summed E-state index contributed by atoms with van der Waals surface area (Å²) >= 11 is 0. The Morgan fingerprint density at radius 1 is 0.622 bits per heavy atom. The lowest BCUT2D eigenvalue weighted by Crippen LogP contribution is -2.22. The van der Waals surface area contributed by atoms with E-state index in [1.165, 1.54) is 127 Å². The van der Waals surface area contributed by atoms with E-state index in [0.29, 0.717) is 11.3 Å². The van der Waals surface area contributed by atoms with E-state index in [0.717, 1.165) is 47.8 Å². The molecule has 0 heterocycles. The Labute approximate surface area is 274 Å². The van der Waals surface area contributed by atoms with Gasteiger partial charge in [-0.25, -0.2) is 5.48 Å². The minimum absolute atomic E-state index is 0.384. The molecular weight excluding hydrogens is 552 g/mol. The zero-order valence-corrected chi connectivity index (χ0v) is 28.6. The Balaban J connectivity index is 1.79. The molecule has 0 saturated carbocycles. The molecule has 0 aliphatic heterocycles. The van der Waals surface area contributed by atoms with Crippen LogP contribution >= 0.6 is 0 Å². The zero-order chi connectivity index (χ0) is 32.1. The zero-order valence-electron chi connectivity index (χ0n) is 28.6. The summed E-state index contributed by atoms with van der Waals surface area (Å²) in [6, 6.07) is 16.5. The topological polar surface area (TPSA) is 75.3 Å². The molecule has 4 nitrogen and oxygen atoms in total. The second kappa shape index (κ2) is 21.8. The number of unbranched alkanes of at least 4 members (excludes halogenated alkanes) is 18. The number of anilines is 1. The molecule has 0 aliphatic rings. The number of amides is 1. The molecule has 0 fully saturated rings. The van der Waals surface area contributed by atoms with E-state index in [-0.39, 0.29) is 0 Å². The average Bonchev–Trinajstić information content (AvgIpc) is 3.07. The molecule has 45 heavy (non-hydrogen) atoms. The monoisotopic (exact) mass is 614 g/mol. The molecule has 0 aliphatic carbocycles. The molecule has 0 aromatic heterocycles. The fraction of sp³-hybridized carbons (Fsp3) is 0.585. The van der Waals surface area contributed by atoms with Gasteiger partial charge < -0.3 is 5.73 Å². The van der Waals surface area contributed by atoms with Gasteiger partial charge >= 0.3 is 0 Å². The number of benzene rings is 3. The molecule has 0 bridgehead atoms. The minimum Gasteiger partial charge on any atom is -0.398 e. The van der Waals surface area contributed by atoms with Crippen molar-refractivity contribution >= 4 is 22.4 Å². The van der Waals surface area contributed by atoms with Crippen LogP contribution in [0, 0.1) is 0 Å². The predicted octanol–water partition coefficient (Wildman–Crippen LogP) is 12.1. The Morgan fingerprint density at radius 3 is 1.62 bits per heavy atom. The molecule has 3 aromatic rings. The van der Waals surface area contributed by atoms with Gasteiger partial charge in [0, 0.05) is 11.3 Å². The van der Waals surface area contributed by atoms with Crippen LogP contribution < -0.4 is 11.2 Å². The molecular formula is C41H62N2O2. The van der Waals surface area contributed by atoms with Crippen LogP contribution in [-0.4, -0.2) is 11.1 Å². The van der Waals surface area contributed by atoms with Gasteiger partial charge in [-0.2, -0.15) is 0 Å². The molecule has 0 radical (unpaired) electrons. The summed E-state index contributed by atoms with van der Waals surface area (Å²) in [6.07, 6.45) is 27.8. The number of rotatable bonds is 24. The molecule has 3 aromatic carbocycles. The largest absolute Gasteiger partial charge is 0.398 e. The van der Waals surface area contributed by atoms with Crippen molar-refractivity contribution in [2.45, 2.75) is 155 Å². The summed E-state index contributed by atoms with van der Waals surface area (Å²) in [5.74, 6) is -0.544. The highest BCUT2D eigenvalue weighted by molar-refractivity contribution is 6.16. The highest BCUT2D eigenvalue weighted by Crippen LogP contribution is 2.41. The van der Waals surface area contributed by atoms with Crippen LogP contribution in [0.15, 0.2) is 48.5 Å². The number of fused-ring (bicyclic) bond motifs is 1. The molecule has 0 saturated heterocycles. The number of hydrogen-bond acceptors (Lipinski definition) is 3. The number of nitrogen functional groups attached to an aromatic ring is 1. The average molecular weight is 615 g/mol. The van der Waals surface area contributed by atoms with Crippen LogP contribution in [0.2, 0.25) is 0 Å². The summed E-state index contributed by atoms with van der Waals surface area (Å²) < 4.78 is 0. The van der Waals surface area contributed by atoms with Crippen LogP contribution in [0.4, 0.5) is 5.69 Å². The number of nitrogens with one attached hydrogen (secondary N) is 1. The summed E-state index contributed by atoms with van der Waals surface area (Å²) in [6.45, 7) is 4.55. The molecule has 4 heteroatoms. The van der Waals surface area contributed by atoms with Gasteiger partial charge in [-0.1, -0.05) is 178 Å². The van der Waals surface area contributed by atoms with Crippen molar-refractivity contribution in [3.05, 3.63) is 65.2 Å². The van der Waals surface area contributed by atoms with E-state index in [2.05, 4.69) is 32.0 Å². The molecule has 0 unspecified atom stereocenters. The van der Waals surface area contributed by atoms with Gasteiger partial charge in [0.25, 0.3) is 5.91 Å². The first kappa shape index (κ1) is 36.6. The van der Waals surface area contributed by atoms with Crippen LogP contribution in [0.1, 0.15) is 164 Å². The van der Waals surface area contributed by atoms with Crippen LogP contribution in [0.5, 0.6) is 0 Å². The standard InChI is InChI=1S/C41H62N2O2/c1-3-5-7-9-11-13-15-17-19-22-27-33-30-26-32-35-37(33)36(31-25-20-18-16-14-12-10-8-6-4-2)40(42)39(41(44)43-45)38(35)34-28-23-21-24-29-34/h21,23-24,26,28-30,32,45H,3-20,22,25,27,31,42H2,1-2H3,(H,43,44). The fourth-order valence-electron chi connectivity index (χ4n) is 6.98. The van der Waals surface area contributed by atoms with E-state index in [4.69, 9.17) is 5.73 Å². The highest BCUT2D eigenvalue weighted by atomic mass is 16.5. The van der Waals surface area contributed by atoms with Gasteiger partial charge in [0.1, 0.15) is 0 Å². The lowest BCUT2D eigenvalue weighted by atomic mass is 9.84. The third-order valence-electron chi connectivity index (χ3n) is 9.54. The summed E-state index contributed by atoms with van der Waals surface area (Å²) in [5.41, 5.74) is 13.9. The first-order valence-corrected chi connectivity index (χ1v) is 18.5. The van der Waals surface area contributed by atoms with Gasteiger partial charge in [0.2, 0.25) is 0 Å². The first-order chi connectivity index (χ1) is 22.1. The number of nitrogens with two attached hydrogens (primary N) is 1. The molecule has 4 N–H and O–H groups in total. The van der Waals surface area contributed by atoms with Crippen molar-refractivity contribution in [1.82, 2.24) is 5.48 Å². The van der Waals surface area contributed by atoms with Gasteiger partial charge in [-0.05, 0) is 53.1 Å². The van der Waals surface area contributed by atoms with Crippen LogP contribution in [0.3, 0.4) is 0 Å². The maximum Gasteiger partial charge on any atom is 0.277 e. The van der Waals surface area contributed by atoms with Gasteiger partial charge in [-0.15, -0.1) is 0 Å². The fourth-order valence-corrected chi connectivity index (χ4v) is 6.98. The lowest BCUT2D eigenvalue weighted by Gasteiger charge is -2.22. The maximum absolute atomic E-state index is 13.2. The van der Waals surface area contributed by atoms with Gasteiger partial charge in [-0.3, -0.25) is 10.0 Å². The quantitative estimate of drug-likeness (QED) is 0.0406. The summed E-state index contributed by atoms with van der Waals surface area (Å²) in [4.78, 5) is 13.2. The molecule has 0 spiro atoms. The van der Waals surface area contributed by atoms with Crippen molar-refractivity contribution in [1.29, 1.82) is 0 Å². The van der Waals surface area contributed by atoms with Crippen LogP contribution in [-0.2, 0) is 12.8 Å². The molecule has 3 rings (SSSR count). The second-order valence-corrected chi connectivity index (χ2v) is 13.2. The van der Waals surface area contributed by atoms with E-state index in [1.807, 2.05) is 35.8 Å². The molecule has 248 valence electrons. The van der Waals surface area contributed by atoms with Crippen molar-refractivity contribution < 1.29 is 10.0 Å². The van der Waals surface area contributed by atoms with Crippen LogP contribution in [0.25, 0.3) is 21.9 Å². The lowest BCUT2D eigenvalue weighted by molar-refractivity contribution is 0.0708. The van der Waals surface area contributed by atoms with Gasteiger partial charge in [0.15, 0.2) is 0 Å². The number of aryl methyl sites for hydroxylation is 2. The number of hydrogen-bond donors (Lipinski definition) is 3. The van der Waals surface area contributed by atoms with E-state index >= 15 is 0 Å². The third-order valence-corrected chi connectivity index (χ3v) is 9.54. The highest BCUT2D eigenvalue weighted by Gasteiger charge is 2.24. The number of carbonyl (C=O) groups excluding carboxylic acids is 1. The van der Waals surface area contributed by atoms with E-state index < -0.39 is 5.91 Å². The maximum atomic E-state index is 13.2. The van der Waals surface area contributed by atoms with Crippen molar-refractivity contribution in [3.8, 4) is 11.1 Å². The van der Waals surface area contributed by atoms with Gasteiger partial charge in [0.05, 0.1) is 5.56 Å². The van der Waals surface area contributed by atoms with Crippen molar-refractivity contribution in [3.63, 3.8) is 0 Å². The summed E-state index contributed by atoms with van der Waals surface area (Å²) in [5, 5.41) is 12.0. The van der Waals surface area contributed by atoms with Crippen molar-refractivity contribution in [2.24, 2.45) is 0 Å². The number of carbonyl (C=O) groups is 1. The Hall–Kier alpha value is -2.85. The minimum atomic E-state index is -0.544.